The first-order valence-electron chi connectivity index (χ1n) is 11.7. The van der Waals surface area contributed by atoms with Crippen LogP contribution in [0.4, 0.5) is 11.8 Å². The summed E-state index contributed by atoms with van der Waals surface area (Å²) in [5.41, 5.74) is 8.21. The van der Waals surface area contributed by atoms with Crippen LogP contribution in [0.1, 0.15) is 41.9 Å². The number of amides is 2. The molecule has 3 N–H and O–H groups in total. The molecule has 1 aromatic carbocycles. The maximum Gasteiger partial charge on any atom is 0.268 e. The van der Waals surface area contributed by atoms with Crippen molar-refractivity contribution in [2.24, 2.45) is 0 Å². The molecule has 4 aromatic rings. The van der Waals surface area contributed by atoms with Gasteiger partial charge in [-0.1, -0.05) is 25.6 Å². The highest BCUT2D eigenvalue weighted by Crippen LogP contribution is 2.31. The lowest BCUT2D eigenvalue weighted by molar-refractivity contribution is -0.124. The number of hydrogen-bond acceptors (Lipinski definition) is 7. The first-order chi connectivity index (χ1) is 17.4. The topological polar surface area (TPSA) is 119 Å². The molecule has 0 radical (unpaired) electrons. The number of benzene rings is 1. The Balaban J connectivity index is 1.56. The molecule has 4 rings (SSSR count). The molecule has 3 aromatic heterocycles. The van der Waals surface area contributed by atoms with Crippen LogP contribution in [0.15, 0.2) is 61.4 Å². The Morgan fingerprint density at radius 3 is 2.81 bits per heavy atom. The predicted octanol–water partition coefficient (Wildman–Crippen LogP) is 4.77. The van der Waals surface area contributed by atoms with Crippen LogP contribution < -0.4 is 11.1 Å². The highest BCUT2D eigenvalue weighted by Gasteiger charge is 2.21. The average Bonchev–Trinajstić information content (AvgIpc) is 3.51. The summed E-state index contributed by atoms with van der Waals surface area (Å²) in [7, 11) is 1.77. The monoisotopic (exact) mass is 503 g/mol. The van der Waals surface area contributed by atoms with Gasteiger partial charge in [0.1, 0.15) is 12.1 Å². The number of nitrogen functional groups attached to an aromatic ring is 1. The first-order valence-corrected chi connectivity index (χ1v) is 12.6. The number of hydrogen-bond donors (Lipinski definition) is 2. The number of carbonyl (C=O) groups is 2. The number of anilines is 2. The number of carbonyl (C=O) groups excluding carboxylic acids is 2. The SMILES string of the molecule is C=CC(=O)N(C)CCC[C@H](CC)n1c(NC(=O)c2ccc(-c3cc(N)ncn3)s2)nc2ccccc21. The van der Waals surface area contributed by atoms with E-state index in [0.717, 1.165) is 35.2 Å². The minimum Gasteiger partial charge on any atom is -0.384 e. The predicted molar refractivity (Wildman–Crippen MR) is 144 cm³/mol. The van der Waals surface area contributed by atoms with Gasteiger partial charge < -0.3 is 15.2 Å². The lowest BCUT2D eigenvalue weighted by Crippen LogP contribution is -2.26. The van der Waals surface area contributed by atoms with Crippen molar-refractivity contribution in [3.8, 4) is 10.6 Å². The van der Waals surface area contributed by atoms with E-state index < -0.39 is 0 Å². The fourth-order valence-electron chi connectivity index (χ4n) is 4.12. The van der Waals surface area contributed by atoms with E-state index in [9.17, 15) is 9.59 Å². The summed E-state index contributed by atoms with van der Waals surface area (Å²) in [5.74, 6) is 0.545. The maximum atomic E-state index is 13.2. The van der Waals surface area contributed by atoms with E-state index in [-0.39, 0.29) is 17.9 Å². The van der Waals surface area contributed by atoms with Gasteiger partial charge in [-0.05, 0) is 49.6 Å². The van der Waals surface area contributed by atoms with Crippen molar-refractivity contribution in [1.29, 1.82) is 0 Å². The van der Waals surface area contributed by atoms with Gasteiger partial charge in [0.25, 0.3) is 5.91 Å². The number of nitrogens with one attached hydrogen (secondary N) is 1. The van der Waals surface area contributed by atoms with Gasteiger partial charge in [0.2, 0.25) is 11.9 Å². The van der Waals surface area contributed by atoms with E-state index in [4.69, 9.17) is 10.7 Å². The van der Waals surface area contributed by atoms with Gasteiger partial charge in [-0.25, -0.2) is 15.0 Å². The van der Waals surface area contributed by atoms with Crippen LogP contribution in [0, 0.1) is 0 Å². The fraction of sp³-hybridized carbons (Fsp3) is 0.269. The van der Waals surface area contributed by atoms with Crippen LogP contribution >= 0.6 is 11.3 Å². The zero-order chi connectivity index (χ0) is 25.7. The van der Waals surface area contributed by atoms with Crippen LogP contribution in [0.3, 0.4) is 0 Å². The lowest BCUT2D eigenvalue weighted by atomic mass is 10.1. The van der Waals surface area contributed by atoms with E-state index in [1.807, 2.05) is 30.3 Å². The average molecular weight is 504 g/mol. The third kappa shape index (κ3) is 5.44. The molecule has 0 unspecified atom stereocenters. The first kappa shape index (κ1) is 25.1. The van der Waals surface area contributed by atoms with Gasteiger partial charge in [-0.2, -0.15) is 0 Å². The van der Waals surface area contributed by atoms with E-state index in [1.54, 1.807) is 24.1 Å². The summed E-state index contributed by atoms with van der Waals surface area (Å²) in [5, 5.41) is 3.02. The van der Waals surface area contributed by atoms with Crippen LogP contribution in [0.5, 0.6) is 0 Å². The van der Waals surface area contributed by atoms with E-state index >= 15 is 0 Å². The second-order valence-electron chi connectivity index (χ2n) is 8.41. The number of imidazole rings is 1. The Morgan fingerprint density at radius 1 is 1.25 bits per heavy atom. The number of aromatic nitrogens is 4. The molecule has 0 aliphatic heterocycles. The quantitative estimate of drug-likeness (QED) is 0.301. The number of likely N-dealkylation sites (N-methyl/N-ethyl adjacent to an activating group) is 1. The van der Waals surface area contributed by atoms with Gasteiger partial charge in [-0.3, -0.25) is 14.9 Å². The van der Waals surface area contributed by atoms with E-state index in [0.29, 0.717) is 28.9 Å². The Kier molecular flexibility index (Phi) is 7.74. The number of rotatable bonds is 10. The van der Waals surface area contributed by atoms with Gasteiger partial charge in [-0.15, -0.1) is 11.3 Å². The number of nitrogens with two attached hydrogens (primary N) is 1. The molecule has 0 aliphatic rings. The fourth-order valence-corrected chi connectivity index (χ4v) is 4.99. The van der Waals surface area contributed by atoms with Crippen molar-refractivity contribution in [2.75, 3.05) is 24.6 Å². The molecule has 0 saturated carbocycles. The third-order valence-electron chi connectivity index (χ3n) is 6.01. The number of nitrogens with zero attached hydrogens (tertiary/aromatic N) is 5. The summed E-state index contributed by atoms with van der Waals surface area (Å²) < 4.78 is 2.10. The molecule has 0 aliphatic carbocycles. The summed E-state index contributed by atoms with van der Waals surface area (Å²) in [6, 6.07) is 13.2. The summed E-state index contributed by atoms with van der Waals surface area (Å²) >= 11 is 1.33. The number of thiophene rings is 1. The van der Waals surface area contributed by atoms with Crippen LogP contribution in [-0.4, -0.2) is 49.8 Å². The van der Waals surface area contributed by atoms with Crippen molar-refractivity contribution in [3.63, 3.8) is 0 Å². The van der Waals surface area contributed by atoms with Gasteiger partial charge in [0.15, 0.2) is 0 Å². The molecular weight excluding hydrogens is 474 g/mol. The van der Waals surface area contributed by atoms with Crippen molar-refractivity contribution in [1.82, 2.24) is 24.4 Å². The number of para-hydroxylation sites is 2. The zero-order valence-electron chi connectivity index (χ0n) is 20.3. The van der Waals surface area contributed by atoms with E-state index in [1.165, 1.54) is 23.7 Å². The maximum absolute atomic E-state index is 13.2. The second kappa shape index (κ2) is 11.1. The molecule has 9 nitrogen and oxygen atoms in total. The van der Waals surface area contributed by atoms with Gasteiger partial charge in [0, 0.05) is 25.7 Å². The van der Waals surface area contributed by atoms with Crippen molar-refractivity contribution >= 4 is 46.0 Å². The van der Waals surface area contributed by atoms with Crippen LogP contribution in [0.2, 0.25) is 0 Å². The van der Waals surface area contributed by atoms with Gasteiger partial charge >= 0.3 is 0 Å². The third-order valence-corrected chi connectivity index (χ3v) is 7.12. The molecule has 0 saturated heterocycles. The highest BCUT2D eigenvalue weighted by atomic mass is 32.1. The zero-order valence-corrected chi connectivity index (χ0v) is 21.2. The Hall–Kier alpha value is -4.05. The standard InChI is InChI=1S/C26H29N7O2S/c1-4-17(9-8-14-32(3)24(34)5-2)33-20-11-7-6-10-18(20)30-26(33)31-25(35)22-13-12-21(36-22)19-15-23(27)29-16-28-19/h5-7,10-13,15-17H,2,4,8-9,14H2,1,3H3,(H2,27,28,29)(H,30,31,35)/t17-/m0/s1. The van der Waals surface area contributed by atoms with Crippen LogP contribution in [-0.2, 0) is 4.79 Å². The summed E-state index contributed by atoms with van der Waals surface area (Å²) in [4.78, 5) is 40.9. The largest absolute Gasteiger partial charge is 0.384 e. The van der Waals surface area contributed by atoms with Crippen LogP contribution in [0.25, 0.3) is 21.6 Å². The van der Waals surface area contributed by atoms with Gasteiger partial charge in [0.05, 0.1) is 26.5 Å². The summed E-state index contributed by atoms with van der Waals surface area (Å²) in [6.45, 7) is 6.29. The molecule has 0 fully saturated rings. The van der Waals surface area contributed by atoms with Crippen molar-refractivity contribution < 1.29 is 9.59 Å². The van der Waals surface area contributed by atoms with Crippen molar-refractivity contribution in [3.05, 3.63) is 66.3 Å². The highest BCUT2D eigenvalue weighted by molar-refractivity contribution is 7.17. The lowest BCUT2D eigenvalue weighted by Gasteiger charge is -2.22. The minimum absolute atomic E-state index is 0.0935. The Morgan fingerprint density at radius 2 is 2.06 bits per heavy atom. The minimum atomic E-state index is -0.240. The molecule has 0 bridgehead atoms. The molecular formula is C26H29N7O2S. The molecule has 3 heterocycles. The molecule has 36 heavy (non-hydrogen) atoms. The molecule has 2 amide bonds. The smallest absolute Gasteiger partial charge is 0.268 e. The molecule has 186 valence electrons. The molecule has 1 atom stereocenters. The summed E-state index contributed by atoms with van der Waals surface area (Å²) in [6.07, 6.45) is 5.21. The Bertz CT molecular complexity index is 1390. The molecule has 10 heteroatoms. The Labute approximate surface area is 213 Å². The normalized spacial score (nSPS) is 11.8. The van der Waals surface area contributed by atoms with E-state index in [2.05, 4.69) is 33.4 Å². The second-order valence-corrected chi connectivity index (χ2v) is 9.49. The van der Waals surface area contributed by atoms with Crippen molar-refractivity contribution in [2.45, 2.75) is 32.2 Å². The number of fused-ring (bicyclic) bond motifs is 1. The molecule has 0 spiro atoms.